The average molecular weight is 356 g/mol. The highest BCUT2D eigenvalue weighted by molar-refractivity contribution is 5.92. The normalized spacial score (nSPS) is 10.6. The Bertz CT molecular complexity index is 888. The molecule has 2 heterocycles. The molecule has 26 heavy (non-hydrogen) atoms. The number of ether oxygens (including phenoxy) is 2. The Morgan fingerprint density at radius 1 is 1.31 bits per heavy atom. The number of methoxy groups -OCH3 is 1. The van der Waals surface area contributed by atoms with Gasteiger partial charge in [-0.1, -0.05) is 6.07 Å². The summed E-state index contributed by atoms with van der Waals surface area (Å²) in [6, 6.07) is 8.98. The topological polar surface area (TPSA) is 98.2 Å². The van der Waals surface area contributed by atoms with E-state index in [1.54, 1.807) is 37.2 Å². The van der Waals surface area contributed by atoms with Gasteiger partial charge in [0.1, 0.15) is 24.4 Å². The molecule has 0 aliphatic rings. The summed E-state index contributed by atoms with van der Waals surface area (Å²) in [5, 5.41) is 14.7. The van der Waals surface area contributed by atoms with E-state index >= 15 is 0 Å². The summed E-state index contributed by atoms with van der Waals surface area (Å²) in [4.78, 5) is 14.0. The van der Waals surface area contributed by atoms with Crippen LogP contribution in [0.1, 0.15) is 22.0 Å². The molecular weight excluding hydrogens is 336 g/mol. The summed E-state index contributed by atoms with van der Waals surface area (Å²) < 4.78 is 12.6. The van der Waals surface area contributed by atoms with Crippen LogP contribution in [0.2, 0.25) is 0 Å². The van der Waals surface area contributed by atoms with E-state index in [0.29, 0.717) is 35.3 Å². The Morgan fingerprint density at radius 2 is 2.12 bits per heavy atom. The summed E-state index contributed by atoms with van der Waals surface area (Å²) in [5.74, 6) is 1.87. The van der Waals surface area contributed by atoms with Crippen LogP contribution < -0.4 is 9.47 Å². The molecule has 0 spiro atoms. The zero-order valence-electron chi connectivity index (χ0n) is 14.8. The summed E-state index contributed by atoms with van der Waals surface area (Å²) in [6.45, 7) is 0.609. The molecule has 2 aromatic heterocycles. The number of carbonyl (C=O) groups is 1. The first-order valence-electron chi connectivity index (χ1n) is 7.96. The van der Waals surface area contributed by atoms with Crippen molar-refractivity contribution in [2.45, 2.75) is 13.2 Å². The van der Waals surface area contributed by atoms with E-state index in [2.05, 4.69) is 20.4 Å². The van der Waals surface area contributed by atoms with Gasteiger partial charge in [-0.2, -0.15) is 5.10 Å². The van der Waals surface area contributed by atoms with Crippen LogP contribution in [0.25, 0.3) is 0 Å². The summed E-state index contributed by atoms with van der Waals surface area (Å²) in [5.41, 5.74) is 1.02. The largest absolute Gasteiger partial charge is 0.497 e. The number of nitrogens with zero attached hydrogens (tertiary/aromatic N) is 5. The predicted octanol–water partition coefficient (Wildman–Crippen LogP) is 1.40. The molecule has 0 bridgehead atoms. The summed E-state index contributed by atoms with van der Waals surface area (Å²) in [7, 11) is 5.12. The van der Waals surface area contributed by atoms with Crippen molar-refractivity contribution in [1.29, 1.82) is 0 Å². The van der Waals surface area contributed by atoms with Crippen LogP contribution in [0, 0.1) is 0 Å². The second kappa shape index (κ2) is 7.68. The van der Waals surface area contributed by atoms with E-state index in [4.69, 9.17) is 9.47 Å². The average Bonchev–Trinajstić information content (AvgIpc) is 3.29. The minimum absolute atomic E-state index is 0.211. The van der Waals surface area contributed by atoms with Crippen molar-refractivity contribution >= 4 is 5.91 Å². The van der Waals surface area contributed by atoms with E-state index in [1.807, 2.05) is 25.2 Å². The van der Waals surface area contributed by atoms with Crippen molar-refractivity contribution < 1.29 is 14.3 Å². The van der Waals surface area contributed by atoms with E-state index in [9.17, 15) is 4.79 Å². The molecule has 0 unspecified atom stereocenters. The Kier molecular flexibility index (Phi) is 5.16. The molecule has 0 saturated heterocycles. The number of hydrogen-bond donors (Lipinski definition) is 1. The first kappa shape index (κ1) is 17.5. The first-order valence-corrected chi connectivity index (χ1v) is 7.96. The molecule has 3 rings (SSSR count). The lowest BCUT2D eigenvalue weighted by molar-refractivity contribution is 0.0774. The molecule has 0 radical (unpaired) electrons. The zero-order valence-corrected chi connectivity index (χ0v) is 14.8. The van der Waals surface area contributed by atoms with Crippen molar-refractivity contribution in [3.63, 3.8) is 0 Å². The lowest BCUT2D eigenvalue weighted by Crippen LogP contribution is -2.27. The van der Waals surface area contributed by atoms with Gasteiger partial charge in [0.25, 0.3) is 5.91 Å². The molecule has 9 heteroatoms. The van der Waals surface area contributed by atoms with Gasteiger partial charge >= 0.3 is 0 Å². The van der Waals surface area contributed by atoms with E-state index in [1.165, 1.54) is 4.90 Å². The Balaban J connectivity index is 1.59. The minimum Gasteiger partial charge on any atom is -0.497 e. The quantitative estimate of drug-likeness (QED) is 0.687. The predicted molar refractivity (Wildman–Crippen MR) is 92.7 cm³/mol. The van der Waals surface area contributed by atoms with Crippen LogP contribution in [0.3, 0.4) is 0 Å². The third-order valence-electron chi connectivity index (χ3n) is 3.82. The molecule has 136 valence electrons. The van der Waals surface area contributed by atoms with Crippen LogP contribution >= 0.6 is 0 Å². The number of carbonyl (C=O) groups excluding carboxylic acids is 1. The zero-order chi connectivity index (χ0) is 18.5. The Morgan fingerprint density at radius 3 is 2.85 bits per heavy atom. The second-order valence-corrected chi connectivity index (χ2v) is 5.77. The third-order valence-corrected chi connectivity index (χ3v) is 3.82. The molecule has 1 N–H and O–H groups in total. The monoisotopic (exact) mass is 356 g/mol. The van der Waals surface area contributed by atoms with Gasteiger partial charge in [-0.25, -0.2) is 0 Å². The van der Waals surface area contributed by atoms with Crippen LogP contribution in [0.4, 0.5) is 0 Å². The standard InChI is InChI=1S/C17H20N6O3/c1-22(9-16-21-18-11-23(16)2)17(24)15-7-12(19-20-15)10-26-14-6-4-5-13(8-14)25-3/h4-8,11H,9-10H2,1-3H3,(H,19,20). The van der Waals surface area contributed by atoms with Crippen molar-refractivity contribution in [3.05, 3.63) is 53.9 Å². The molecule has 1 aromatic carbocycles. The Labute approximate surface area is 150 Å². The fraction of sp³-hybridized carbons (Fsp3) is 0.294. The van der Waals surface area contributed by atoms with Crippen molar-refractivity contribution in [1.82, 2.24) is 29.9 Å². The molecule has 1 amide bonds. The SMILES string of the molecule is COc1cccc(OCc2cc(C(=O)N(C)Cc3nncn3C)n[nH]2)c1. The van der Waals surface area contributed by atoms with Gasteiger partial charge in [0.2, 0.25) is 0 Å². The third kappa shape index (κ3) is 4.00. The summed E-state index contributed by atoms with van der Waals surface area (Å²) in [6.07, 6.45) is 1.59. The smallest absolute Gasteiger partial charge is 0.274 e. The highest BCUT2D eigenvalue weighted by Gasteiger charge is 2.17. The van der Waals surface area contributed by atoms with Crippen LogP contribution in [-0.2, 0) is 20.2 Å². The molecule has 3 aromatic rings. The fourth-order valence-electron chi connectivity index (χ4n) is 2.33. The number of nitrogens with one attached hydrogen (secondary N) is 1. The van der Waals surface area contributed by atoms with E-state index in [-0.39, 0.29) is 12.5 Å². The maximum atomic E-state index is 12.5. The molecule has 0 atom stereocenters. The van der Waals surface area contributed by atoms with E-state index in [0.717, 1.165) is 0 Å². The molecule has 0 fully saturated rings. The maximum absolute atomic E-state index is 12.5. The molecule has 0 aliphatic carbocycles. The van der Waals surface area contributed by atoms with Crippen molar-refractivity contribution in [2.75, 3.05) is 14.2 Å². The number of aromatic amines is 1. The highest BCUT2D eigenvalue weighted by atomic mass is 16.5. The van der Waals surface area contributed by atoms with Gasteiger partial charge in [-0.3, -0.25) is 9.89 Å². The number of aromatic nitrogens is 5. The number of amides is 1. The summed E-state index contributed by atoms with van der Waals surface area (Å²) >= 11 is 0. The molecule has 0 saturated carbocycles. The van der Waals surface area contributed by atoms with Gasteiger partial charge in [-0.15, -0.1) is 10.2 Å². The second-order valence-electron chi connectivity index (χ2n) is 5.77. The number of aryl methyl sites for hydroxylation is 1. The number of hydrogen-bond acceptors (Lipinski definition) is 6. The van der Waals surface area contributed by atoms with Gasteiger partial charge < -0.3 is 18.9 Å². The first-order chi connectivity index (χ1) is 12.6. The molecular formula is C17H20N6O3. The minimum atomic E-state index is -0.211. The number of H-pyrrole nitrogens is 1. The van der Waals surface area contributed by atoms with Gasteiger partial charge in [0.05, 0.1) is 19.3 Å². The van der Waals surface area contributed by atoms with Crippen molar-refractivity contribution in [3.8, 4) is 11.5 Å². The van der Waals surface area contributed by atoms with Crippen LogP contribution in [-0.4, -0.2) is 49.9 Å². The van der Waals surface area contributed by atoms with Crippen LogP contribution in [0.5, 0.6) is 11.5 Å². The van der Waals surface area contributed by atoms with E-state index < -0.39 is 0 Å². The number of rotatable bonds is 7. The Hall–Kier alpha value is -3.36. The molecule has 9 nitrogen and oxygen atoms in total. The van der Waals surface area contributed by atoms with Crippen molar-refractivity contribution in [2.24, 2.45) is 7.05 Å². The highest BCUT2D eigenvalue weighted by Crippen LogP contribution is 2.19. The lowest BCUT2D eigenvalue weighted by atomic mass is 10.3. The van der Waals surface area contributed by atoms with Crippen LogP contribution in [0.15, 0.2) is 36.7 Å². The van der Waals surface area contributed by atoms with Gasteiger partial charge in [0, 0.05) is 20.2 Å². The number of benzene rings is 1. The lowest BCUT2D eigenvalue weighted by Gasteiger charge is -2.14. The maximum Gasteiger partial charge on any atom is 0.274 e. The fourth-order valence-corrected chi connectivity index (χ4v) is 2.33. The van der Waals surface area contributed by atoms with Gasteiger partial charge in [-0.05, 0) is 18.2 Å². The molecule has 0 aliphatic heterocycles. The van der Waals surface area contributed by atoms with Gasteiger partial charge in [0.15, 0.2) is 11.5 Å².